The highest BCUT2D eigenvalue weighted by atomic mass is 14.8. The van der Waals surface area contributed by atoms with Gasteiger partial charge in [-0.05, 0) is 6.92 Å². The highest BCUT2D eigenvalue weighted by Crippen LogP contribution is 2.26. The lowest BCUT2D eigenvalue weighted by molar-refractivity contribution is 1.59. The maximum atomic E-state index is 4.28. The molecule has 0 unspecified atom stereocenters. The molecule has 1 heteroatoms. The van der Waals surface area contributed by atoms with Gasteiger partial charge in [-0.15, -0.1) is 0 Å². The van der Waals surface area contributed by atoms with Crippen LogP contribution in [0.25, 0.3) is 5.70 Å². The van der Waals surface area contributed by atoms with E-state index >= 15 is 0 Å². The molecule has 0 aliphatic carbocycles. The lowest BCUT2D eigenvalue weighted by Gasteiger charge is -1.95. The molecule has 1 aliphatic heterocycles. The Morgan fingerprint density at radius 2 is 1.82 bits per heavy atom. The van der Waals surface area contributed by atoms with Crippen LogP contribution in [0.5, 0.6) is 0 Å². The molecule has 0 saturated carbocycles. The van der Waals surface area contributed by atoms with Gasteiger partial charge in [0.25, 0.3) is 0 Å². The van der Waals surface area contributed by atoms with Crippen molar-refractivity contribution in [2.75, 3.05) is 0 Å². The minimum Gasteiger partial charge on any atom is -0.253 e. The Balaban J connectivity index is 2.71. The van der Waals surface area contributed by atoms with Gasteiger partial charge < -0.3 is 0 Å². The van der Waals surface area contributed by atoms with Crippen LogP contribution in [-0.2, 0) is 0 Å². The van der Waals surface area contributed by atoms with E-state index in [9.17, 15) is 0 Å². The van der Waals surface area contributed by atoms with Crippen molar-refractivity contribution in [2.24, 2.45) is 4.99 Å². The molecule has 0 radical (unpaired) electrons. The molecule has 0 spiro atoms. The number of fused-ring (bicyclic) bond motifs is 1. The third-order valence-corrected chi connectivity index (χ3v) is 1.93. The molecule has 1 nitrogen and oxygen atoms in total. The Bertz CT molecular complexity index is 348. The van der Waals surface area contributed by atoms with Gasteiger partial charge in [0.1, 0.15) is 0 Å². The molecule has 0 N–H and O–H groups in total. The summed E-state index contributed by atoms with van der Waals surface area (Å²) in [7, 11) is 0. The van der Waals surface area contributed by atoms with Gasteiger partial charge in [0.15, 0.2) is 0 Å². The molecule has 0 atom stereocenters. The van der Waals surface area contributed by atoms with E-state index < -0.39 is 0 Å². The molecule has 54 valence electrons. The first kappa shape index (κ1) is 6.35. The predicted octanol–water partition coefficient (Wildman–Crippen LogP) is 2.48. The van der Waals surface area contributed by atoms with Crippen molar-refractivity contribution >= 4 is 11.4 Å². The van der Waals surface area contributed by atoms with E-state index in [0.717, 1.165) is 11.4 Å². The second kappa shape index (κ2) is 2.06. The van der Waals surface area contributed by atoms with E-state index in [1.165, 1.54) is 11.1 Å². The molecule has 0 bridgehead atoms. The van der Waals surface area contributed by atoms with Gasteiger partial charge in [-0.25, -0.2) is 0 Å². The van der Waals surface area contributed by atoms with Gasteiger partial charge in [0.05, 0.1) is 5.70 Å². The molecule has 0 aromatic heterocycles. The lowest BCUT2D eigenvalue weighted by Crippen LogP contribution is -1.89. The number of hydrogen-bond donors (Lipinski definition) is 0. The zero-order chi connectivity index (χ0) is 7.84. The number of aliphatic imine (C=N–C) groups is 1. The predicted molar refractivity (Wildman–Crippen MR) is 47.7 cm³/mol. The highest BCUT2D eigenvalue weighted by Gasteiger charge is 2.13. The molecular weight excluding hydrogens is 134 g/mol. The Morgan fingerprint density at radius 3 is 2.45 bits per heavy atom. The van der Waals surface area contributed by atoms with Crippen LogP contribution >= 0.6 is 0 Å². The van der Waals surface area contributed by atoms with Crippen LogP contribution < -0.4 is 0 Å². The quantitative estimate of drug-likeness (QED) is 0.529. The first-order valence-corrected chi connectivity index (χ1v) is 3.63. The van der Waals surface area contributed by atoms with E-state index in [4.69, 9.17) is 0 Å². The SMILES string of the molecule is C=C1N=C(C)c2ccccc21. The molecule has 1 heterocycles. The van der Waals surface area contributed by atoms with Crippen LogP contribution in [0.15, 0.2) is 35.8 Å². The van der Waals surface area contributed by atoms with E-state index in [1.54, 1.807) is 0 Å². The van der Waals surface area contributed by atoms with Gasteiger partial charge in [0.2, 0.25) is 0 Å². The third-order valence-electron chi connectivity index (χ3n) is 1.93. The molecule has 0 saturated heterocycles. The first-order chi connectivity index (χ1) is 5.29. The maximum absolute atomic E-state index is 4.28. The van der Waals surface area contributed by atoms with Crippen LogP contribution in [0.1, 0.15) is 18.1 Å². The number of nitrogens with zero attached hydrogens (tertiary/aromatic N) is 1. The fourth-order valence-corrected chi connectivity index (χ4v) is 1.37. The van der Waals surface area contributed by atoms with E-state index in [1.807, 2.05) is 19.1 Å². The van der Waals surface area contributed by atoms with Crippen molar-refractivity contribution in [3.63, 3.8) is 0 Å². The fourth-order valence-electron chi connectivity index (χ4n) is 1.37. The summed E-state index contributed by atoms with van der Waals surface area (Å²) in [5.74, 6) is 0. The summed E-state index contributed by atoms with van der Waals surface area (Å²) in [5.41, 5.74) is 4.35. The zero-order valence-corrected chi connectivity index (χ0v) is 6.46. The lowest BCUT2D eigenvalue weighted by atomic mass is 10.1. The number of hydrogen-bond acceptors (Lipinski definition) is 1. The van der Waals surface area contributed by atoms with E-state index in [-0.39, 0.29) is 0 Å². The first-order valence-electron chi connectivity index (χ1n) is 3.63. The van der Waals surface area contributed by atoms with Crippen LogP contribution in [0.3, 0.4) is 0 Å². The normalized spacial score (nSPS) is 14.6. The van der Waals surface area contributed by atoms with Crippen LogP contribution in [0, 0.1) is 0 Å². The Kier molecular flexibility index (Phi) is 1.19. The number of rotatable bonds is 0. The summed E-state index contributed by atoms with van der Waals surface area (Å²) in [4.78, 5) is 4.28. The molecule has 1 aliphatic rings. The summed E-state index contributed by atoms with van der Waals surface area (Å²) >= 11 is 0. The van der Waals surface area contributed by atoms with Crippen molar-refractivity contribution in [1.82, 2.24) is 0 Å². The zero-order valence-electron chi connectivity index (χ0n) is 6.46. The maximum Gasteiger partial charge on any atom is 0.0640 e. The molecule has 11 heavy (non-hydrogen) atoms. The standard InChI is InChI=1S/C10H9N/c1-7-9-5-3-4-6-10(9)8(2)11-7/h3-6H,1H2,2H3. The van der Waals surface area contributed by atoms with E-state index in [0.29, 0.717) is 0 Å². The van der Waals surface area contributed by atoms with Gasteiger partial charge in [0, 0.05) is 16.8 Å². The molecular formula is C10H9N. The minimum absolute atomic E-state index is 0.887. The van der Waals surface area contributed by atoms with Crippen molar-refractivity contribution < 1.29 is 0 Å². The molecule has 0 amide bonds. The minimum atomic E-state index is 0.887. The highest BCUT2D eigenvalue weighted by molar-refractivity contribution is 6.09. The fraction of sp³-hybridized carbons (Fsp3) is 0.100. The topological polar surface area (TPSA) is 12.4 Å². The van der Waals surface area contributed by atoms with Crippen molar-refractivity contribution in [3.8, 4) is 0 Å². The van der Waals surface area contributed by atoms with Crippen LogP contribution in [0.2, 0.25) is 0 Å². The second-order valence-electron chi connectivity index (χ2n) is 2.69. The molecule has 1 aromatic carbocycles. The largest absolute Gasteiger partial charge is 0.253 e. The number of benzene rings is 1. The van der Waals surface area contributed by atoms with Gasteiger partial charge in [-0.1, -0.05) is 30.8 Å². The van der Waals surface area contributed by atoms with Crippen molar-refractivity contribution in [2.45, 2.75) is 6.92 Å². The monoisotopic (exact) mass is 143 g/mol. The van der Waals surface area contributed by atoms with Gasteiger partial charge >= 0.3 is 0 Å². The smallest absolute Gasteiger partial charge is 0.0640 e. The summed E-state index contributed by atoms with van der Waals surface area (Å²) in [6.07, 6.45) is 0. The van der Waals surface area contributed by atoms with Crippen molar-refractivity contribution in [3.05, 3.63) is 42.0 Å². The van der Waals surface area contributed by atoms with Gasteiger partial charge in [-0.3, -0.25) is 4.99 Å². The molecule has 2 rings (SSSR count). The summed E-state index contributed by atoms with van der Waals surface area (Å²) < 4.78 is 0. The second-order valence-corrected chi connectivity index (χ2v) is 2.69. The van der Waals surface area contributed by atoms with Crippen molar-refractivity contribution in [1.29, 1.82) is 0 Å². The van der Waals surface area contributed by atoms with Crippen LogP contribution in [0.4, 0.5) is 0 Å². The third kappa shape index (κ3) is 0.811. The Hall–Kier alpha value is -1.37. The Morgan fingerprint density at radius 1 is 1.18 bits per heavy atom. The van der Waals surface area contributed by atoms with E-state index in [2.05, 4.69) is 23.7 Å². The summed E-state index contributed by atoms with van der Waals surface area (Å²) in [6, 6.07) is 8.17. The molecule has 0 fully saturated rings. The average Bonchev–Trinajstić information content (AvgIpc) is 2.30. The van der Waals surface area contributed by atoms with Gasteiger partial charge in [-0.2, -0.15) is 0 Å². The van der Waals surface area contributed by atoms with Crippen LogP contribution in [-0.4, -0.2) is 5.71 Å². The Labute approximate surface area is 66.1 Å². The summed E-state index contributed by atoms with van der Waals surface area (Å²) in [5, 5.41) is 0. The summed E-state index contributed by atoms with van der Waals surface area (Å²) in [6.45, 7) is 5.87. The average molecular weight is 143 g/mol. The molecule has 1 aromatic rings.